The summed E-state index contributed by atoms with van der Waals surface area (Å²) in [5.74, 6) is 0.0771. The second-order valence-electron chi connectivity index (χ2n) is 6.79. The van der Waals surface area contributed by atoms with E-state index < -0.39 is 0 Å². The van der Waals surface area contributed by atoms with E-state index in [-0.39, 0.29) is 23.8 Å². The lowest BCUT2D eigenvalue weighted by Crippen LogP contribution is -2.43. The van der Waals surface area contributed by atoms with Crippen LogP contribution >= 0.6 is 0 Å². The summed E-state index contributed by atoms with van der Waals surface area (Å²) in [5, 5.41) is 3.29. The first kappa shape index (κ1) is 16.7. The number of nitrogens with one attached hydrogen (secondary N) is 1. The molecule has 7 nitrogen and oxygen atoms in total. The maximum Gasteiger partial charge on any atom is 0.228 e. The molecule has 2 atom stereocenters. The lowest BCUT2D eigenvalue weighted by molar-refractivity contribution is -0.136. The smallest absolute Gasteiger partial charge is 0.228 e. The normalized spacial score (nSPS) is 29.3. The van der Waals surface area contributed by atoms with Gasteiger partial charge in [-0.2, -0.15) is 0 Å². The molecule has 23 heavy (non-hydrogen) atoms. The molecule has 3 rings (SSSR count). The number of likely N-dealkylation sites (tertiary alicyclic amines) is 1. The van der Waals surface area contributed by atoms with E-state index in [9.17, 15) is 9.59 Å². The van der Waals surface area contributed by atoms with Gasteiger partial charge in [-0.1, -0.05) is 0 Å². The number of nitrogens with zero attached hydrogens (tertiary/aromatic N) is 3. The summed E-state index contributed by atoms with van der Waals surface area (Å²) in [6, 6.07) is 0.278. The monoisotopic (exact) mass is 324 g/mol. The maximum atomic E-state index is 12.6. The molecule has 0 spiro atoms. The second kappa shape index (κ2) is 7.59. The molecule has 2 unspecified atom stereocenters. The molecule has 0 aromatic heterocycles. The van der Waals surface area contributed by atoms with Crippen LogP contribution in [0.4, 0.5) is 0 Å². The average molecular weight is 324 g/mol. The SMILES string of the molecule is CN(C(=O)C1CC(=O)N(CCN2CCOCC2)C1)C1CCNC1. The molecule has 3 aliphatic rings. The Balaban J connectivity index is 1.47. The van der Waals surface area contributed by atoms with E-state index in [0.29, 0.717) is 13.0 Å². The van der Waals surface area contributed by atoms with Crippen LogP contribution in [0.2, 0.25) is 0 Å². The fourth-order valence-corrected chi connectivity index (χ4v) is 3.68. The average Bonchev–Trinajstić information content (AvgIpc) is 3.22. The summed E-state index contributed by atoms with van der Waals surface area (Å²) >= 11 is 0. The minimum absolute atomic E-state index is 0.120. The lowest BCUT2D eigenvalue weighted by Gasteiger charge is -2.29. The number of rotatable bonds is 5. The predicted molar refractivity (Wildman–Crippen MR) is 86.0 cm³/mol. The molecule has 3 fully saturated rings. The van der Waals surface area contributed by atoms with Crippen molar-refractivity contribution in [3.63, 3.8) is 0 Å². The molecule has 3 aliphatic heterocycles. The number of amides is 2. The van der Waals surface area contributed by atoms with Crippen molar-refractivity contribution in [1.29, 1.82) is 0 Å². The van der Waals surface area contributed by atoms with Gasteiger partial charge in [0.25, 0.3) is 0 Å². The molecule has 130 valence electrons. The Morgan fingerprint density at radius 3 is 2.83 bits per heavy atom. The van der Waals surface area contributed by atoms with E-state index in [0.717, 1.165) is 58.9 Å². The number of hydrogen-bond acceptors (Lipinski definition) is 5. The van der Waals surface area contributed by atoms with Gasteiger partial charge in [-0.25, -0.2) is 0 Å². The molecule has 1 N–H and O–H groups in total. The van der Waals surface area contributed by atoms with Crippen LogP contribution < -0.4 is 5.32 Å². The van der Waals surface area contributed by atoms with Gasteiger partial charge in [0.15, 0.2) is 0 Å². The summed E-state index contributed by atoms with van der Waals surface area (Å²) in [7, 11) is 1.88. The van der Waals surface area contributed by atoms with E-state index in [2.05, 4.69) is 10.2 Å². The van der Waals surface area contributed by atoms with Crippen molar-refractivity contribution >= 4 is 11.8 Å². The van der Waals surface area contributed by atoms with Gasteiger partial charge < -0.3 is 19.9 Å². The van der Waals surface area contributed by atoms with Crippen LogP contribution in [0.25, 0.3) is 0 Å². The predicted octanol–water partition coefficient (Wildman–Crippen LogP) is -1.01. The molecule has 0 saturated carbocycles. The van der Waals surface area contributed by atoms with Gasteiger partial charge in [-0.05, 0) is 13.0 Å². The van der Waals surface area contributed by atoms with E-state index in [1.807, 2.05) is 16.8 Å². The number of ether oxygens (including phenoxy) is 1. The van der Waals surface area contributed by atoms with Crippen molar-refractivity contribution in [2.75, 3.05) is 66.1 Å². The number of carbonyl (C=O) groups excluding carboxylic acids is 2. The first-order valence-corrected chi connectivity index (χ1v) is 8.70. The minimum Gasteiger partial charge on any atom is -0.379 e. The molecular weight excluding hydrogens is 296 g/mol. The van der Waals surface area contributed by atoms with Crippen LogP contribution in [0.1, 0.15) is 12.8 Å². The van der Waals surface area contributed by atoms with Gasteiger partial charge in [0, 0.05) is 58.8 Å². The molecular formula is C16H28N4O3. The summed E-state index contributed by atoms with van der Waals surface area (Å²) in [6.45, 7) is 7.41. The van der Waals surface area contributed by atoms with Gasteiger partial charge in [0.2, 0.25) is 11.8 Å². The lowest BCUT2D eigenvalue weighted by atomic mass is 10.1. The molecule has 0 radical (unpaired) electrons. The topological polar surface area (TPSA) is 65.1 Å². The highest BCUT2D eigenvalue weighted by Crippen LogP contribution is 2.21. The van der Waals surface area contributed by atoms with Crippen LogP contribution in [0.5, 0.6) is 0 Å². The zero-order valence-electron chi connectivity index (χ0n) is 14.0. The second-order valence-corrected chi connectivity index (χ2v) is 6.79. The number of morpholine rings is 1. The minimum atomic E-state index is -0.169. The maximum absolute atomic E-state index is 12.6. The van der Waals surface area contributed by atoms with Gasteiger partial charge in [-0.15, -0.1) is 0 Å². The Bertz CT molecular complexity index is 433. The fraction of sp³-hybridized carbons (Fsp3) is 0.875. The van der Waals surface area contributed by atoms with Gasteiger partial charge >= 0.3 is 0 Å². The Labute approximate surface area is 137 Å². The molecule has 7 heteroatoms. The largest absolute Gasteiger partial charge is 0.379 e. The third kappa shape index (κ3) is 4.02. The summed E-state index contributed by atoms with van der Waals surface area (Å²) in [5.41, 5.74) is 0. The van der Waals surface area contributed by atoms with Crippen LogP contribution in [-0.2, 0) is 14.3 Å². The third-order valence-electron chi connectivity index (χ3n) is 5.28. The number of likely N-dealkylation sites (N-methyl/N-ethyl adjacent to an activating group) is 1. The summed E-state index contributed by atoms with van der Waals surface area (Å²) < 4.78 is 5.34. The molecule has 0 aromatic rings. The van der Waals surface area contributed by atoms with E-state index in [1.165, 1.54) is 0 Å². The summed E-state index contributed by atoms with van der Waals surface area (Å²) in [6.07, 6.45) is 1.37. The van der Waals surface area contributed by atoms with Gasteiger partial charge in [-0.3, -0.25) is 14.5 Å². The van der Waals surface area contributed by atoms with E-state index in [4.69, 9.17) is 4.74 Å². The van der Waals surface area contributed by atoms with Crippen molar-refractivity contribution in [3.8, 4) is 0 Å². The Morgan fingerprint density at radius 1 is 1.35 bits per heavy atom. The molecule has 2 amide bonds. The zero-order chi connectivity index (χ0) is 16.2. The number of hydrogen-bond donors (Lipinski definition) is 1. The van der Waals surface area contributed by atoms with Crippen LogP contribution in [0, 0.1) is 5.92 Å². The highest BCUT2D eigenvalue weighted by molar-refractivity contribution is 5.89. The molecule has 0 bridgehead atoms. The van der Waals surface area contributed by atoms with Gasteiger partial charge in [0.1, 0.15) is 0 Å². The van der Waals surface area contributed by atoms with Crippen LogP contribution in [-0.4, -0.2) is 98.6 Å². The van der Waals surface area contributed by atoms with Crippen molar-refractivity contribution < 1.29 is 14.3 Å². The quantitative estimate of drug-likeness (QED) is 0.702. The Kier molecular flexibility index (Phi) is 5.50. The van der Waals surface area contributed by atoms with Crippen molar-refractivity contribution in [1.82, 2.24) is 20.0 Å². The summed E-state index contributed by atoms with van der Waals surface area (Å²) in [4.78, 5) is 30.9. The number of carbonyl (C=O) groups is 2. The van der Waals surface area contributed by atoms with E-state index >= 15 is 0 Å². The van der Waals surface area contributed by atoms with Crippen molar-refractivity contribution in [3.05, 3.63) is 0 Å². The molecule has 3 saturated heterocycles. The fourth-order valence-electron chi connectivity index (χ4n) is 3.68. The van der Waals surface area contributed by atoms with Crippen molar-refractivity contribution in [2.24, 2.45) is 5.92 Å². The van der Waals surface area contributed by atoms with Crippen molar-refractivity contribution in [2.45, 2.75) is 18.9 Å². The first-order valence-electron chi connectivity index (χ1n) is 8.70. The van der Waals surface area contributed by atoms with Gasteiger partial charge in [0.05, 0.1) is 19.1 Å². The standard InChI is InChI=1S/C16H28N4O3/c1-18(14-2-3-17-11-14)16(22)13-10-15(21)20(12-13)5-4-19-6-8-23-9-7-19/h13-14,17H,2-12H2,1H3. The molecule has 3 heterocycles. The Morgan fingerprint density at radius 2 is 2.13 bits per heavy atom. The Hall–Kier alpha value is -1.18. The highest BCUT2D eigenvalue weighted by atomic mass is 16.5. The molecule has 0 aromatic carbocycles. The van der Waals surface area contributed by atoms with Crippen LogP contribution in [0.15, 0.2) is 0 Å². The highest BCUT2D eigenvalue weighted by Gasteiger charge is 2.37. The van der Waals surface area contributed by atoms with Crippen LogP contribution in [0.3, 0.4) is 0 Å². The first-order chi connectivity index (χ1) is 11.1. The zero-order valence-corrected chi connectivity index (χ0v) is 14.0. The third-order valence-corrected chi connectivity index (χ3v) is 5.28. The van der Waals surface area contributed by atoms with E-state index in [1.54, 1.807) is 0 Å². The molecule has 0 aliphatic carbocycles.